The first kappa shape index (κ1) is 12.7. The lowest BCUT2D eigenvalue weighted by atomic mass is 9.74. The number of carbonyl (C=O) groups excluding carboxylic acids is 1. The van der Waals surface area contributed by atoms with Crippen molar-refractivity contribution in [1.29, 1.82) is 0 Å². The van der Waals surface area contributed by atoms with Crippen molar-refractivity contribution >= 4 is 5.91 Å². The van der Waals surface area contributed by atoms with Crippen LogP contribution in [0.1, 0.15) is 24.0 Å². The fourth-order valence-electron chi connectivity index (χ4n) is 3.32. The third-order valence-corrected chi connectivity index (χ3v) is 4.57. The lowest BCUT2D eigenvalue weighted by molar-refractivity contribution is -0.143. The van der Waals surface area contributed by atoms with Gasteiger partial charge in [-0.25, -0.2) is 0 Å². The summed E-state index contributed by atoms with van der Waals surface area (Å²) < 4.78 is 0. The summed E-state index contributed by atoms with van der Waals surface area (Å²) in [7, 11) is 0. The van der Waals surface area contributed by atoms with Gasteiger partial charge in [-0.3, -0.25) is 4.79 Å². The predicted octanol–water partition coefficient (Wildman–Crippen LogP) is 1.75. The molecular formula is C16H22N2O. The molecule has 1 amide bonds. The fraction of sp³-hybridized carbons (Fsp3) is 0.562. The Bertz CT molecular complexity index is 469. The minimum Gasteiger partial charge on any atom is -0.341 e. The average molecular weight is 258 g/mol. The van der Waals surface area contributed by atoms with Crippen LogP contribution in [0, 0.1) is 12.3 Å². The van der Waals surface area contributed by atoms with E-state index in [-0.39, 0.29) is 5.91 Å². The molecule has 2 saturated heterocycles. The van der Waals surface area contributed by atoms with Gasteiger partial charge in [0.1, 0.15) is 0 Å². The molecule has 0 aromatic heterocycles. The van der Waals surface area contributed by atoms with Gasteiger partial charge < -0.3 is 10.2 Å². The van der Waals surface area contributed by atoms with Crippen LogP contribution in [0.2, 0.25) is 0 Å². The molecule has 0 saturated carbocycles. The van der Waals surface area contributed by atoms with Gasteiger partial charge in [0, 0.05) is 25.0 Å². The minimum atomic E-state index is 0.283. The number of aryl methyl sites for hydroxylation is 1. The molecule has 1 spiro atoms. The molecular weight excluding hydrogens is 236 g/mol. The summed E-state index contributed by atoms with van der Waals surface area (Å²) in [4.78, 5) is 14.3. The van der Waals surface area contributed by atoms with E-state index in [4.69, 9.17) is 0 Å². The molecule has 0 atom stereocenters. The lowest BCUT2D eigenvalue weighted by Crippen LogP contribution is -2.63. The topological polar surface area (TPSA) is 32.3 Å². The highest BCUT2D eigenvalue weighted by molar-refractivity contribution is 5.80. The second-order valence-electron chi connectivity index (χ2n) is 6.13. The van der Waals surface area contributed by atoms with E-state index in [9.17, 15) is 4.79 Å². The first-order valence-corrected chi connectivity index (χ1v) is 7.22. The van der Waals surface area contributed by atoms with Gasteiger partial charge in [-0.1, -0.05) is 24.3 Å². The Balaban J connectivity index is 1.57. The number of carbonyl (C=O) groups is 1. The third-order valence-electron chi connectivity index (χ3n) is 4.57. The predicted molar refractivity (Wildman–Crippen MR) is 76.0 cm³/mol. The Kier molecular flexibility index (Phi) is 3.31. The highest BCUT2D eigenvalue weighted by Crippen LogP contribution is 2.36. The van der Waals surface area contributed by atoms with E-state index in [1.807, 2.05) is 17.0 Å². The summed E-state index contributed by atoms with van der Waals surface area (Å²) in [6.45, 7) is 6.20. The first-order valence-electron chi connectivity index (χ1n) is 7.22. The number of benzene rings is 1. The number of hydrogen-bond donors (Lipinski definition) is 1. The molecule has 3 nitrogen and oxygen atoms in total. The van der Waals surface area contributed by atoms with Crippen LogP contribution in [0.25, 0.3) is 0 Å². The van der Waals surface area contributed by atoms with Crippen LogP contribution in [0.4, 0.5) is 0 Å². The summed E-state index contributed by atoms with van der Waals surface area (Å²) in [5, 5.41) is 3.46. The number of nitrogens with one attached hydrogen (secondary N) is 1. The number of hydrogen-bond acceptors (Lipinski definition) is 2. The molecule has 0 aliphatic carbocycles. The molecule has 1 aromatic carbocycles. The van der Waals surface area contributed by atoms with E-state index in [0.29, 0.717) is 11.8 Å². The van der Waals surface area contributed by atoms with Crippen LogP contribution in [0.15, 0.2) is 24.3 Å². The van der Waals surface area contributed by atoms with E-state index in [0.717, 1.165) is 31.7 Å². The van der Waals surface area contributed by atoms with Gasteiger partial charge in [0.05, 0.1) is 6.42 Å². The van der Waals surface area contributed by atoms with Gasteiger partial charge in [0.2, 0.25) is 5.91 Å². The van der Waals surface area contributed by atoms with Gasteiger partial charge in [-0.2, -0.15) is 0 Å². The highest BCUT2D eigenvalue weighted by atomic mass is 16.2. The van der Waals surface area contributed by atoms with E-state index in [1.54, 1.807) is 0 Å². The summed E-state index contributed by atoms with van der Waals surface area (Å²) in [5.74, 6) is 0.283. The van der Waals surface area contributed by atoms with Crippen molar-refractivity contribution in [3.05, 3.63) is 35.4 Å². The normalized spacial score (nSPS) is 21.2. The summed E-state index contributed by atoms with van der Waals surface area (Å²) >= 11 is 0. The first-order chi connectivity index (χ1) is 9.19. The minimum absolute atomic E-state index is 0.283. The van der Waals surface area contributed by atoms with E-state index in [1.165, 1.54) is 18.4 Å². The molecule has 2 aliphatic rings. The lowest BCUT2D eigenvalue weighted by Gasteiger charge is -2.52. The Hall–Kier alpha value is -1.35. The van der Waals surface area contributed by atoms with Crippen molar-refractivity contribution in [1.82, 2.24) is 10.2 Å². The van der Waals surface area contributed by atoms with E-state index in [2.05, 4.69) is 24.4 Å². The molecule has 102 valence electrons. The monoisotopic (exact) mass is 258 g/mol. The van der Waals surface area contributed by atoms with Crippen LogP contribution >= 0.6 is 0 Å². The smallest absolute Gasteiger partial charge is 0.227 e. The number of piperidine rings is 1. The zero-order valence-electron chi connectivity index (χ0n) is 11.6. The number of nitrogens with zero attached hydrogens (tertiary/aromatic N) is 1. The van der Waals surface area contributed by atoms with Gasteiger partial charge in [0.25, 0.3) is 0 Å². The van der Waals surface area contributed by atoms with Gasteiger partial charge in [0.15, 0.2) is 0 Å². The van der Waals surface area contributed by atoms with Crippen molar-refractivity contribution in [2.24, 2.45) is 5.41 Å². The highest BCUT2D eigenvalue weighted by Gasteiger charge is 2.45. The maximum atomic E-state index is 12.3. The summed E-state index contributed by atoms with van der Waals surface area (Å²) in [6.07, 6.45) is 3.07. The quantitative estimate of drug-likeness (QED) is 0.876. The molecule has 2 heterocycles. The van der Waals surface area contributed by atoms with Crippen LogP contribution < -0.4 is 5.32 Å². The summed E-state index contributed by atoms with van der Waals surface area (Å²) in [5.41, 5.74) is 2.76. The second kappa shape index (κ2) is 4.97. The van der Waals surface area contributed by atoms with Crippen molar-refractivity contribution in [2.75, 3.05) is 26.2 Å². The maximum Gasteiger partial charge on any atom is 0.227 e. The molecule has 1 N–H and O–H groups in total. The van der Waals surface area contributed by atoms with Crippen LogP contribution in [-0.2, 0) is 11.2 Å². The van der Waals surface area contributed by atoms with Gasteiger partial charge in [-0.15, -0.1) is 0 Å². The van der Waals surface area contributed by atoms with Gasteiger partial charge in [-0.05, 0) is 37.4 Å². The Morgan fingerprint density at radius 3 is 2.84 bits per heavy atom. The SMILES string of the molecule is Cc1ccccc1CC(=O)N1CC2(CCCNC2)C1. The molecule has 0 unspecified atom stereocenters. The Morgan fingerprint density at radius 1 is 1.37 bits per heavy atom. The van der Waals surface area contributed by atoms with Crippen molar-refractivity contribution in [3.63, 3.8) is 0 Å². The number of amides is 1. The molecule has 1 aromatic rings. The molecule has 2 aliphatic heterocycles. The van der Waals surface area contributed by atoms with Gasteiger partial charge >= 0.3 is 0 Å². The fourth-order valence-corrected chi connectivity index (χ4v) is 3.32. The molecule has 3 rings (SSSR count). The zero-order chi connectivity index (χ0) is 13.3. The number of rotatable bonds is 2. The number of likely N-dealkylation sites (tertiary alicyclic amines) is 1. The Morgan fingerprint density at radius 2 is 2.16 bits per heavy atom. The van der Waals surface area contributed by atoms with Crippen molar-refractivity contribution < 1.29 is 4.79 Å². The largest absolute Gasteiger partial charge is 0.341 e. The van der Waals surface area contributed by atoms with Crippen molar-refractivity contribution in [2.45, 2.75) is 26.2 Å². The third kappa shape index (κ3) is 2.52. The van der Waals surface area contributed by atoms with E-state index >= 15 is 0 Å². The van der Waals surface area contributed by atoms with Crippen LogP contribution in [0.3, 0.4) is 0 Å². The summed E-state index contributed by atoms with van der Waals surface area (Å²) in [6, 6.07) is 8.17. The molecule has 0 bridgehead atoms. The van der Waals surface area contributed by atoms with E-state index < -0.39 is 0 Å². The molecule has 0 radical (unpaired) electrons. The zero-order valence-corrected chi connectivity index (χ0v) is 11.6. The maximum absolute atomic E-state index is 12.3. The molecule has 3 heteroatoms. The van der Waals surface area contributed by atoms with Crippen LogP contribution in [0.5, 0.6) is 0 Å². The van der Waals surface area contributed by atoms with Crippen molar-refractivity contribution in [3.8, 4) is 0 Å². The molecule has 2 fully saturated rings. The molecule has 19 heavy (non-hydrogen) atoms. The second-order valence-corrected chi connectivity index (χ2v) is 6.13. The Labute approximate surface area is 115 Å². The standard InChI is InChI=1S/C16H22N2O/c1-13-5-2-3-6-14(13)9-15(19)18-11-16(12-18)7-4-8-17-10-16/h2-3,5-6,17H,4,7-12H2,1H3. The van der Waals surface area contributed by atoms with Crippen LogP contribution in [-0.4, -0.2) is 37.0 Å². The average Bonchev–Trinajstić information content (AvgIpc) is 2.39.